The highest BCUT2D eigenvalue weighted by Crippen LogP contribution is 2.28. The van der Waals surface area contributed by atoms with E-state index in [2.05, 4.69) is 25.9 Å². The second-order valence-electron chi connectivity index (χ2n) is 3.96. The van der Waals surface area contributed by atoms with Crippen molar-refractivity contribution in [1.29, 1.82) is 0 Å². The Balaban J connectivity index is 2.68. The van der Waals surface area contributed by atoms with Crippen LogP contribution < -0.4 is 5.56 Å². The van der Waals surface area contributed by atoms with Gasteiger partial charge in [-0.25, -0.2) is 4.98 Å². The van der Waals surface area contributed by atoms with Crippen molar-refractivity contribution in [3.8, 4) is 11.4 Å². The lowest BCUT2D eigenvalue weighted by atomic mass is 10.1. The van der Waals surface area contributed by atoms with Crippen molar-refractivity contribution in [3.05, 3.63) is 49.3 Å². The van der Waals surface area contributed by atoms with E-state index in [-0.39, 0.29) is 5.56 Å². The smallest absolute Gasteiger partial charge is 0.254 e. The monoisotopic (exact) mass is 326 g/mol. The highest BCUT2D eigenvalue weighted by atomic mass is 79.9. The van der Waals surface area contributed by atoms with Gasteiger partial charge in [0.05, 0.1) is 5.69 Å². The Bertz CT molecular complexity index is 652. The number of rotatable bonds is 2. The summed E-state index contributed by atoms with van der Waals surface area (Å²) in [5.74, 6) is 0.539. The maximum Gasteiger partial charge on any atom is 0.254 e. The molecule has 0 aliphatic carbocycles. The molecule has 0 bridgehead atoms. The molecule has 1 heterocycles. The van der Waals surface area contributed by atoms with Gasteiger partial charge in [0.25, 0.3) is 5.56 Å². The second-order valence-corrected chi connectivity index (χ2v) is 5.25. The van der Waals surface area contributed by atoms with Gasteiger partial charge in [0, 0.05) is 20.6 Å². The van der Waals surface area contributed by atoms with E-state index in [0.717, 1.165) is 22.2 Å². The van der Waals surface area contributed by atoms with Crippen LogP contribution >= 0.6 is 27.5 Å². The third-order valence-electron chi connectivity index (χ3n) is 2.77. The normalized spacial score (nSPS) is 10.7. The third-order valence-corrected chi connectivity index (χ3v) is 3.70. The van der Waals surface area contributed by atoms with Gasteiger partial charge >= 0.3 is 0 Å². The summed E-state index contributed by atoms with van der Waals surface area (Å²) in [6.45, 7) is 3.76. The van der Waals surface area contributed by atoms with Gasteiger partial charge in [-0.1, -0.05) is 34.5 Å². The van der Waals surface area contributed by atoms with Gasteiger partial charge in [0.1, 0.15) is 5.82 Å². The minimum atomic E-state index is -0.108. The van der Waals surface area contributed by atoms with Crippen LogP contribution in [0.5, 0.6) is 0 Å². The van der Waals surface area contributed by atoms with Crippen molar-refractivity contribution in [3.63, 3.8) is 0 Å². The SMILES string of the molecule is CCc1nc(-c2cc(Cl)ccc2Br)[nH]c(=O)c1C. The maximum atomic E-state index is 11.8. The van der Waals surface area contributed by atoms with Crippen molar-refractivity contribution < 1.29 is 0 Å². The molecule has 0 aliphatic heterocycles. The number of aromatic amines is 1. The molecule has 5 heteroatoms. The number of benzene rings is 1. The van der Waals surface area contributed by atoms with Gasteiger partial charge in [0.15, 0.2) is 0 Å². The Kier molecular flexibility index (Phi) is 3.88. The Morgan fingerprint density at radius 1 is 1.44 bits per heavy atom. The fourth-order valence-electron chi connectivity index (χ4n) is 1.73. The standard InChI is InChI=1S/C13H12BrClN2O/c1-3-11-7(2)13(18)17-12(16-11)9-6-8(15)4-5-10(9)14/h4-6H,3H2,1-2H3,(H,16,17,18). The largest absolute Gasteiger partial charge is 0.306 e. The molecule has 0 saturated heterocycles. The van der Waals surface area contributed by atoms with Gasteiger partial charge in [-0.15, -0.1) is 0 Å². The lowest BCUT2D eigenvalue weighted by molar-refractivity contribution is 0.954. The molecule has 1 N–H and O–H groups in total. The van der Waals surface area contributed by atoms with Gasteiger partial charge in [-0.3, -0.25) is 4.79 Å². The second kappa shape index (κ2) is 5.24. The van der Waals surface area contributed by atoms with Crippen LogP contribution in [0, 0.1) is 6.92 Å². The molecule has 2 aromatic rings. The van der Waals surface area contributed by atoms with Crippen LogP contribution in [0.1, 0.15) is 18.2 Å². The summed E-state index contributed by atoms with van der Waals surface area (Å²) in [5.41, 5.74) is 2.15. The van der Waals surface area contributed by atoms with E-state index < -0.39 is 0 Å². The molecule has 0 fully saturated rings. The molecular weight excluding hydrogens is 316 g/mol. The topological polar surface area (TPSA) is 45.8 Å². The van der Waals surface area contributed by atoms with Gasteiger partial charge in [-0.2, -0.15) is 0 Å². The van der Waals surface area contributed by atoms with E-state index in [1.807, 2.05) is 13.0 Å². The summed E-state index contributed by atoms with van der Waals surface area (Å²) >= 11 is 9.41. The molecule has 0 radical (unpaired) electrons. The van der Waals surface area contributed by atoms with Crippen molar-refractivity contribution >= 4 is 27.5 Å². The summed E-state index contributed by atoms with van der Waals surface area (Å²) in [6, 6.07) is 5.39. The van der Waals surface area contributed by atoms with E-state index in [1.54, 1.807) is 19.1 Å². The van der Waals surface area contributed by atoms with E-state index in [9.17, 15) is 4.79 Å². The van der Waals surface area contributed by atoms with Crippen LogP contribution in [-0.2, 0) is 6.42 Å². The summed E-state index contributed by atoms with van der Waals surface area (Å²) < 4.78 is 0.848. The molecule has 0 amide bonds. The molecule has 0 aliphatic rings. The van der Waals surface area contributed by atoms with Gasteiger partial charge in [0.2, 0.25) is 0 Å². The predicted molar refractivity (Wildman–Crippen MR) is 77.1 cm³/mol. The van der Waals surface area contributed by atoms with Crippen LogP contribution in [0.4, 0.5) is 0 Å². The summed E-state index contributed by atoms with van der Waals surface area (Å²) in [4.78, 5) is 19.1. The molecule has 0 spiro atoms. The minimum Gasteiger partial charge on any atom is -0.306 e. The first-order valence-corrected chi connectivity index (χ1v) is 6.75. The molecule has 3 nitrogen and oxygen atoms in total. The zero-order valence-electron chi connectivity index (χ0n) is 10.1. The van der Waals surface area contributed by atoms with Crippen LogP contribution in [0.2, 0.25) is 5.02 Å². The lowest BCUT2D eigenvalue weighted by Gasteiger charge is -2.08. The Labute approximate surface area is 118 Å². The number of hydrogen-bond donors (Lipinski definition) is 1. The number of aryl methyl sites for hydroxylation is 1. The Morgan fingerprint density at radius 2 is 2.17 bits per heavy atom. The molecule has 18 heavy (non-hydrogen) atoms. The van der Waals surface area contributed by atoms with Crippen LogP contribution in [0.25, 0.3) is 11.4 Å². The van der Waals surface area contributed by atoms with Gasteiger partial charge in [-0.05, 0) is 31.5 Å². The van der Waals surface area contributed by atoms with E-state index in [1.165, 1.54) is 0 Å². The molecule has 0 saturated carbocycles. The number of nitrogens with one attached hydrogen (secondary N) is 1. The van der Waals surface area contributed by atoms with Gasteiger partial charge < -0.3 is 4.98 Å². The van der Waals surface area contributed by atoms with Crippen molar-refractivity contribution in [2.24, 2.45) is 0 Å². The zero-order chi connectivity index (χ0) is 13.3. The van der Waals surface area contributed by atoms with Crippen molar-refractivity contribution in [2.75, 3.05) is 0 Å². The molecule has 94 valence electrons. The predicted octanol–water partition coefficient (Wildman–Crippen LogP) is 3.72. The Hall–Kier alpha value is -1.13. The van der Waals surface area contributed by atoms with Crippen LogP contribution in [-0.4, -0.2) is 9.97 Å². The van der Waals surface area contributed by atoms with E-state index in [0.29, 0.717) is 16.4 Å². The minimum absolute atomic E-state index is 0.108. The first-order chi connectivity index (χ1) is 8.52. The number of H-pyrrole nitrogens is 1. The average molecular weight is 328 g/mol. The molecule has 0 unspecified atom stereocenters. The number of halogens is 2. The highest BCUT2D eigenvalue weighted by Gasteiger charge is 2.10. The molecular formula is C13H12BrClN2O. The number of hydrogen-bond acceptors (Lipinski definition) is 2. The average Bonchev–Trinajstić information content (AvgIpc) is 2.35. The summed E-state index contributed by atoms with van der Waals surface area (Å²) in [6.07, 6.45) is 0.723. The molecule has 2 rings (SSSR count). The van der Waals surface area contributed by atoms with E-state index >= 15 is 0 Å². The molecule has 1 aromatic carbocycles. The maximum absolute atomic E-state index is 11.8. The lowest BCUT2D eigenvalue weighted by Crippen LogP contribution is -2.15. The van der Waals surface area contributed by atoms with Crippen molar-refractivity contribution in [1.82, 2.24) is 9.97 Å². The third kappa shape index (κ3) is 2.49. The number of aromatic nitrogens is 2. The number of nitrogens with zero attached hydrogens (tertiary/aromatic N) is 1. The summed E-state index contributed by atoms with van der Waals surface area (Å²) in [7, 11) is 0. The fraction of sp³-hybridized carbons (Fsp3) is 0.231. The van der Waals surface area contributed by atoms with E-state index in [4.69, 9.17) is 11.6 Å². The molecule has 1 aromatic heterocycles. The quantitative estimate of drug-likeness (QED) is 0.913. The van der Waals surface area contributed by atoms with Crippen LogP contribution in [0.3, 0.4) is 0 Å². The first kappa shape index (κ1) is 13.3. The zero-order valence-corrected chi connectivity index (χ0v) is 12.4. The summed E-state index contributed by atoms with van der Waals surface area (Å²) in [5, 5.41) is 0.606. The molecule has 0 atom stereocenters. The van der Waals surface area contributed by atoms with Crippen LogP contribution in [0.15, 0.2) is 27.5 Å². The first-order valence-electron chi connectivity index (χ1n) is 5.58. The fourth-order valence-corrected chi connectivity index (χ4v) is 2.34. The Morgan fingerprint density at radius 3 is 2.83 bits per heavy atom. The highest BCUT2D eigenvalue weighted by molar-refractivity contribution is 9.10. The van der Waals surface area contributed by atoms with Crippen molar-refractivity contribution in [2.45, 2.75) is 20.3 Å².